The molecule has 7 nitrogen and oxygen atoms in total. The first-order valence-electron chi connectivity index (χ1n) is 5.77. The van der Waals surface area contributed by atoms with Gasteiger partial charge in [-0.2, -0.15) is 0 Å². The number of halogens is 1. The summed E-state index contributed by atoms with van der Waals surface area (Å²) in [5.41, 5.74) is 0.352. The number of esters is 1. The summed E-state index contributed by atoms with van der Waals surface area (Å²) in [5, 5.41) is 13.9. The summed E-state index contributed by atoms with van der Waals surface area (Å²) in [5.74, 6) is -0.691. The summed E-state index contributed by atoms with van der Waals surface area (Å²) in [7, 11) is 1.22. The van der Waals surface area contributed by atoms with E-state index in [1.807, 2.05) is 6.07 Å². The summed E-state index contributed by atoms with van der Waals surface area (Å²) in [4.78, 5) is 25.9. The molecule has 1 N–H and O–H groups in total. The van der Waals surface area contributed by atoms with Gasteiger partial charge in [0.05, 0.1) is 12.0 Å². The van der Waals surface area contributed by atoms with Crippen molar-refractivity contribution in [2.75, 3.05) is 12.4 Å². The zero-order chi connectivity index (χ0) is 15.4. The van der Waals surface area contributed by atoms with Gasteiger partial charge in [-0.3, -0.25) is 10.1 Å². The van der Waals surface area contributed by atoms with Gasteiger partial charge >= 0.3 is 11.7 Å². The van der Waals surface area contributed by atoms with Crippen LogP contribution in [0.3, 0.4) is 0 Å². The van der Waals surface area contributed by atoms with Gasteiger partial charge in [-0.1, -0.05) is 22.0 Å². The molecular formula is C13H10BrN3O4. The molecule has 0 aliphatic rings. The highest BCUT2D eigenvalue weighted by Crippen LogP contribution is 2.27. The first-order chi connectivity index (χ1) is 10.0. The lowest BCUT2D eigenvalue weighted by Crippen LogP contribution is -2.08. The second-order valence-corrected chi connectivity index (χ2v) is 4.86. The van der Waals surface area contributed by atoms with Crippen molar-refractivity contribution in [1.82, 2.24) is 4.98 Å². The Bertz CT molecular complexity index is 706. The Balaban J connectivity index is 2.43. The number of pyridine rings is 1. The molecule has 1 aromatic heterocycles. The van der Waals surface area contributed by atoms with Crippen molar-refractivity contribution in [3.8, 4) is 0 Å². The number of hydrogen-bond acceptors (Lipinski definition) is 6. The molecule has 0 saturated carbocycles. The molecule has 2 rings (SSSR count). The number of methoxy groups -OCH3 is 1. The van der Waals surface area contributed by atoms with Crippen molar-refractivity contribution in [3.05, 3.63) is 56.7 Å². The topological polar surface area (TPSA) is 94.4 Å². The van der Waals surface area contributed by atoms with Crippen LogP contribution in [-0.2, 0) is 4.74 Å². The molecule has 0 aliphatic carbocycles. The summed E-state index contributed by atoms with van der Waals surface area (Å²) < 4.78 is 5.36. The SMILES string of the molecule is COC(=O)c1ccc([N+](=O)[O-])c(Nc2cccc(Br)c2)n1. The predicted octanol–water partition coefficient (Wildman–Crippen LogP) is 3.28. The second-order valence-electron chi connectivity index (χ2n) is 3.95. The smallest absolute Gasteiger partial charge is 0.356 e. The van der Waals surface area contributed by atoms with Crippen LogP contribution in [0.2, 0.25) is 0 Å². The van der Waals surface area contributed by atoms with E-state index in [0.717, 1.165) is 4.47 Å². The largest absolute Gasteiger partial charge is 0.464 e. The highest BCUT2D eigenvalue weighted by Gasteiger charge is 2.19. The highest BCUT2D eigenvalue weighted by atomic mass is 79.9. The van der Waals surface area contributed by atoms with Crippen LogP contribution < -0.4 is 5.32 Å². The monoisotopic (exact) mass is 351 g/mol. The van der Waals surface area contributed by atoms with Crippen LogP contribution in [0, 0.1) is 10.1 Å². The minimum atomic E-state index is -0.665. The van der Waals surface area contributed by atoms with E-state index in [1.165, 1.54) is 19.2 Å². The number of carbonyl (C=O) groups excluding carboxylic acids is 1. The Morgan fingerprint density at radius 2 is 2.14 bits per heavy atom. The van der Waals surface area contributed by atoms with E-state index in [4.69, 9.17) is 0 Å². The molecule has 0 unspecified atom stereocenters. The van der Waals surface area contributed by atoms with Crippen LogP contribution in [0.1, 0.15) is 10.5 Å². The Hall–Kier alpha value is -2.48. The van der Waals surface area contributed by atoms with E-state index in [0.29, 0.717) is 5.69 Å². The molecule has 0 bridgehead atoms. The molecule has 0 amide bonds. The number of carbonyl (C=O) groups is 1. The van der Waals surface area contributed by atoms with Crippen LogP contribution in [0.15, 0.2) is 40.9 Å². The van der Waals surface area contributed by atoms with E-state index in [9.17, 15) is 14.9 Å². The zero-order valence-electron chi connectivity index (χ0n) is 10.9. The third-order valence-electron chi connectivity index (χ3n) is 2.55. The van der Waals surface area contributed by atoms with Crippen molar-refractivity contribution in [2.45, 2.75) is 0 Å². The molecule has 0 atom stereocenters. The number of anilines is 2. The van der Waals surface area contributed by atoms with Gasteiger partial charge in [0.2, 0.25) is 5.82 Å². The summed E-state index contributed by atoms with van der Waals surface area (Å²) in [6.07, 6.45) is 0. The lowest BCUT2D eigenvalue weighted by Gasteiger charge is -2.08. The Morgan fingerprint density at radius 3 is 2.76 bits per heavy atom. The van der Waals surface area contributed by atoms with Gasteiger partial charge in [0, 0.05) is 16.2 Å². The molecule has 0 fully saturated rings. The average Bonchev–Trinajstić information content (AvgIpc) is 2.46. The third kappa shape index (κ3) is 3.54. The van der Waals surface area contributed by atoms with Crippen molar-refractivity contribution in [2.24, 2.45) is 0 Å². The van der Waals surface area contributed by atoms with Gasteiger partial charge in [-0.05, 0) is 24.3 Å². The highest BCUT2D eigenvalue weighted by molar-refractivity contribution is 9.10. The maximum absolute atomic E-state index is 11.5. The summed E-state index contributed by atoms with van der Waals surface area (Å²) in [6, 6.07) is 9.49. The lowest BCUT2D eigenvalue weighted by molar-refractivity contribution is -0.384. The average molecular weight is 352 g/mol. The third-order valence-corrected chi connectivity index (χ3v) is 3.05. The minimum absolute atomic E-state index is 0.0133. The van der Waals surface area contributed by atoms with Crippen LogP contribution in [-0.4, -0.2) is 23.0 Å². The van der Waals surface area contributed by atoms with Gasteiger partial charge < -0.3 is 10.1 Å². The fourth-order valence-electron chi connectivity index (χ4n) is 1.61. The Kier molecular flexibility index (Phi) is 4.49. The fraction of sp³-hybridized carbons (Fsp3) is 0.0769. The molecular weight excluding hydrogens is 342 g/mol. The van der Waals surface area contributed by atoms with Crippen molar-refractivity contribution >= 4 is 39.1 Å². The van der Waals surface area contributed by atoms with E-state index in [-0.39, 0.29) is 17.2 Å². The van der Waals surface area contributed by atoms with Gasteiger partial charge in [-0.25, -0.2) is 9.78 Å². The van der Waals surface area contributed by atoms with Gasteiger partial charge in [0.1, 0.15) is 0 Å². The summed E-state index contributed by atoms with van der Waals surface area (Å²) in [6.45, 7) is 0. The molecule has 2 aromatic rings. The van der Waals surface area contributed by atoms with Crippen LogP contribution in [0.25, 0.3) is 0 Å². The van der Waals surface area contributed by atoms with Gasteiger partial charge in [-0.15, -0.1) is 0 Å². The number of aromatic nitrogens is 1. The minimum Gasteiger partial charge on any atom is -0.464 e. The first kappa shape index (κ1) is 14.9. The van der Waals surface area contributed by atoms with E-state index in [2.05, 4.69) is 31.0 Å². The predicted molar refractivity (Wildman–Crippen MR) is 79.7 cm³/mol. The van der Waals surface area contributed by atoms with Crippen molar-refractivity contribution in [3.63, 3.8) is 0 Å². The number of rotatable bonds is 4. The fourth-order valence-corrected chi connectivity index (χ4v) is 2.01. The molecule has 0 aliphatic heterocycles. The Labute approximate surface area is 128 Å². The molecule has 8 heteroatoms. The van der Waals surface area contributed by atoms with Gasteiger partial charge in [0.15, 0.2) is 5.69 Å². The van der Waals surface area contributed by atoms with Crippen LogP contribution in [0.5, 0.6) is 0 Å². The number of hydrogen-bond donors (Lipinski definition) is 1. The van der Waals surface area contributed by atoms with Crippen LogP contribution >= 0.6 is 15.9 Å². The summed E-state index contributed by atoms with van der Waals surface area (Å²) >= 11 is 3.30. The number of ether oxygens (including phenoxy) is 1. The molecule has 1 aromatic carbocycles. The van der Waals surface area contributed by atoms with Crippen molar-refractivity contribution in [1.29, 1.82) is 0 Å². The standard InChI is InChI=1S/C13H10BrN3O4/c1-21-13(18)10-5-6-11(17(19)20)12(16-10)15-9-4-2-3-8(14)7-9/h2-7H,1H3,(H,15,16). The molecule has 0 spiro atoms. The van der Waals surface area contributed by atoms with E-state index < -0.39 is 10.9 Å². The number of nitro groups is 1. The molecule has 1 heterocycles. The number of nitrogens with one attached hydrogen (secondary N) is 1. The first-order valence-corrected chi connectivity index (χ1v) is 6.57. The normalized spacial score (nSPS) is 10.0. The molecule has 108 valence electrons. The van der Waals surface area contributed by atoms with Crippen molar-refractivity contribution < 1.29 is 14.5 Å². The van der Waals surface area contributed by atoms with E-state index >= 15 is 0 Å². The van der Waals surface area contributed by atoms with E-state index in [1.54, 1.807) is 18.2 Å². The number of nitrogens with zero attached hydrogens (tertiary/aromatic N) is 2. The maximum Gasteiger partial charge on any atom is 0.356 e. The Morgan fingerprint density at radius 1 is 1.38 bits per heavy atom. The number of benzene rings is 1. The van der Waals surface area contributed by atoms with Crippen LogP contribution in [0.4, 0.5) is 17.2 Å². The maximum atomic E-state index is 11.5. The van der Waals surface area contributed by atoms with Gasteiger partial charge in [0.25, 0.3) is 0 Å². The molecule has 0 radical (unpaired) electrons. The lowest BCUT2D eigenvalue weighted by atomic mass is 10.3. The molecule has 21 heavy (non-hydrogen) atoms. The second kappa shape index (κ2) is 6.31. The zero-order valence-corrected chi connectivity index (χ0v) is 12.5. The quantitative estimate of drug-likeness (QED) is 0.516. The molecule has 0 saturated heterocycles.